The van der Waals surface area contributed by atoms with Crippen LogP contribution >= 0.6 is 35.4 Å². The normalized spacial score (nSPS) is 10.9. The van der Waals surface area contributed by atoms with Crippen LogP contribution in [0.2, 0.25) is 10.0 Å². The summed E-state index contributed by atoms with van der Waals surface area (Å²) >= 11 is 16.9. The fourth-order valence-electron chi connectivity index (χ4n) is 2.12. The smallest absolute Gasteiger partial charge is 0.161 e. The van der Waals surface area contributed by atoms with Crippen LogP contribution in [0.5, 0.6) is 11.5 Å². The molecule has 2 N–H and O–H groups in total. The van der Waals surface area contributed by atoms with E-state index in [1.165, 1.54) is 0 Å². The lowest BCUT2D eigenvalue weighted by atomic mass is 10.1. The van der Waals surface area contributed by atoms with Crippen LogP contribution in [0.15, 0.2) is 42.0 Å². The summed E-state index contributed by atoms with van der Waals surface area (Å²) in [4.78, 5) is 0.0446. The highest BCUT2D eigenvalue weighted by molar-refractivity contribution is 7.80. The van der Waals surface area contributed by atoms with Crippen LogP contribution in [0.25, 0.3) is 6.08 Å². The van der Waals surface area contributed by atoms with E-state index in [1.807, 2.05) is 19.1 Å². The number of hydrogen-bond acceptors (Lipinski definition) is 4. The van der Waals surface area contributed by atoms with Crippen LogP contribution in [-0.2, 0) is 6.61 Å². The van der Waals surface area contributed by atoms with Crippen molar-refractivity contribution in [2.45, 2.75) is 13.5 Å². The maximum atomic E-state index is 9.08. The largest absolute Gasteiger partial charge is 0.490 e. The number of benzene rings is 2. The van der Waals surface area contributed by atoms with Gasteiger partial charge in [0.2, 0.25) is 0 Å². The minimum Gasteiger partial charge on any atom is -0.490 e. The van der Waals surface area contributed by atoms with Crippen molar-refractivity contribution < 1.29 is 9.47 Å². The van der Waals surface area contributed by atoms with Crippen molar-refractivity contribution in [1.29, 1.82) is 5.26 Å². The molecule has 0 bridgehead atoms. The number of nitrogens with two attached hydrogens (primary N) is 1. The van der Waals surface area contributed by atoms with Gasteiger partial charge in [-0.05, 0) is 42.8 Å². The molecule has 2 aromatic rings. The van der Waals surface area contributed by atoms with Crippen molar-refractivity contribution in [3.63, 3.8) is 0 Å². The molecule has 0 heterocycles. The van der Waals surface area contributed by atoms with Crippen molar-refractivity contribution in [2.75, 3.05) is 6.61 Å². The van der Waals surface area contributed by atoms with Gasteiger partial charge in [-0.2, -0.15) is 5.26 Å². The Balaban J connectivity index is 2.25. The average Bonchev–Trinajstić information content (AvgIpc) is 2.60. The van der Waals surface area contributed by atoms with Crippen LogP contribution in [0.4, 0.5) is 0 Å². The van der Waals surface area contributed by atoms with Crippen molar-refractivity contribution in [2.24, 2.45) is 5.73 Å². The first-order valence-electron chi connectivity index (χ1n) is 7.69. The average molecular weight is 407 g/mol. The van der Waals surface area contributed by atoms with E-state index in [9.17, 15) is 0 Å². The van der Waals surface area contributed by atoms with E-state index in [0.717, 1.165) is 11.1 Å². The molecule has 0 saturated heterocycles. The third-order valence-corrected chi connectivity index (χ3v) is 4.17. The predicted molar refractivity (Wildman–Crippen MR) is 109 cm³/mol. The Labute approximate surface area is 167 Å². The summed E-state index contributed by atoms with van der Waals surface area (Å²) in [5.74, 6) is 1.11. The summed E-state index contributed by atoms with van der Waals surface area (Å²) in [6.45, 7) is 2.60. The Bertz CT molecular complexity index is 892. The molecular formula is C19H16Cl2N2O2S. The van der Waals surface area contributed by atoms with Crippen LogP contribution < -0.4 is 15.2 Å². The van der Waals surface area contributed by atoms with Gasteiger partial charge in [0.15, 0.2) is 11.5 Å². The third kappa shape index (κ3) is 5.37. The van der Waals surface area contributed by atoms with Gasteiger partial charge in [-0.3, -0.25) is 0 Å². The quantitative estimate of drug-likeness (QED) is 0.390. The van der Waals surface area contributed by atoms with Gasteiger partial charge in [0, 0.05) is 15.6 Å². The Hall–Kier alpha value is -2.26. The van der Waals surface area contributed by atoms with E-state index in [4.69, 9.17) is 55.9 Å². The molecule has 0 unspecified atom stereocenters. The van der Waals surface area contributed by atoms with Crippen molar-refractivity contribution >= 4 is 46.5 Å². The second kappa shape index (κ2) is 9.44. The van der Waals surface area contributed by atoms with Crippen LogP contribution in [-0.4, -0.2) is 11.6 Å². The SMILES string of the molecule is CCOc1cc(/C=C(\C#N)C(N)=S)ccc1OCc1ccc(Cl)cc1Cl. The summed E-state index contributed by atoms with van der Waals surface area (Å²) in [6.07, 6.45) is 1.60. The standard InChI is InChI=1S/C19H16Cl2N2O2S/c1-2-24-18-8-12(7-14(10-22)19(23)26)3-6-17(18)25-11-13-4-5-15(20)9-16(13)21/h3-9H,2,11H2,1H3,(H2,23,26)/b14-7+. The van der Waals surface area contributed by atoms with E-state index in [0.29, 0.717) is 28.2 Å². The monoisotopic (exact) mass is 406 g/mol. The topological polar surface area (TPSA) is 68.3 Å². The number of hydrogen-bond donors (Lipinski definition) is 1. The van der Waals surface area contributed by atoms with E-state index in [1.54, 1.807) is 36.4 Å². The summed E-state index contributed by atoms with van der Waals surface area (Å²) < 4.78 is 11.5. The Morgan fingerprint density at radius 1 is 1.19 bits per heavy atom. The molecule has 2 rings (SSSR count). The number of nitriles is 1. The zero-order valence-corrected chi connectivity index (χ0v) is 16.3. The lowest BCUT2D eigenvalue weighted by Gasteiger charge is -2.13. The molecule has 134 valence electrons. The second-order valence-electron chi connectivity index (χ2n) is 5.20. The highest BCUT2D eigenvalue weighted by Gasteiger charge is 2.09. The summed E-state index contributed by atoms with van der Waals surface area (Å²) in [6, 6.07) is 12.5. The van der Waals surface area contributed by atoms with Crippen molar-refractivity contribution in [3.05, 3.63) is 63.1 Å². The first kappa shape index (κ1) is 20.1. The summed E-state index contributed by atoms with van der Waals surface area (Å²) in [5.41, 5.74) is 7.29. The molecule has 4 nitrogen and oxygen atoms in total. The van der Waals surface area contributed by atoms with Crippen LogP contribution in [0.1, 0.15) is 18.1 Å². The number of rotatable bonds is 7. The molecule has 26 heavy (non-hydrogen) atoms. The molecule has 0 amide bonds. The fourth-order valence-corrected chi connectivity index (χ4v) is 2.69. The third-order valence-electron chi connectivity index (χ3n) is 3.36. The lowest BCUT2D eigenvalue weighted by molar-refractivity contribution is 0.269. The minimum atomic E-state index is 0.0446. The fraction of sp³-hybridized carbons (Fsp3) is 0.158. The molecule has 0 fully saturated rings. The molecule has 0 aliphatic carbocycles. The van der Waals surface area contributed by atoms with Gasteiger partial charge < -0.3 is 15.2 Å². The van der Waals surface area contributed by atoms with Gasteiger partial charge in [-0.15, -0.1) is 0 Å². The van der Waals surface area contributed by atoms with Crippen LogP contribution in [0, 0.1) is 11.3 Å². The van der Waals surface area contributed by atoms with Gasteiger partial charge in [-0.1, -0.05) is 47.6 Å². The molecule has 0 aliphatic heterocycles. The molecule has 0 aliphatic rings. The van der Waals surface area contributed by atoms with Crippen molar-refractivity contribution in [3.8, 4) is 17.6 Å². The van der Waals surface area contributed by atoms with E-state index in [-0.39, 0.29) is 17.2 Å². The Morgan fingerprint density at radius 2 is 1.96 bits per heavy atom. The second-order valence-corrected chi connectivity index (χ2v) is 6.48. The molecule has 0 spiro atoms. The molecule has 7 heteroatoms. The number of thiocarbonyl (C=S) groups is 1. The van der Waals surface area contributed by atoms with E-state index in [2.05, 4.69) is 0 Å². The van der Waals surface area contributed by atoms with Gasteiger partial charge in [-0.25, -0.2) is 0 Å². The molecular weight excluding hydrogens is 391 g/mol. The van der Waals surface area contributed by atoms with Gasteiger partial charge in [0.25, 0.3) is 0 Å². The number of halogens is 2. The van der Waals surface area contributed by atoms with Gasteiger partial charge >= 0.3 is 0 Å². The van der Waals surface area contributed by atoms with Crippen molar-refractivity contribution in [1.82, 2.24) is 0 Å². The highest BCUT2D eigenvalue weighted by Crippen LogP contribution is 2.31. The lowest BCUT2D eigenvalue weighted by Crippen LogP contribution is -2.09. The molecule has 2 aromatic carbocycles. The Morgan fingerprint density at radius 3 is 2.58 bits per heavy atom. The molecule has 0 atom stereocenters. The highest BCUT2D eigenvalue weighted by atomic mass is 35.5. The maximum Gasteiger partial charge on any atom is 0.161 e. The molecule has 0 radical (unpaired) electrons. The zero-order valence-electron chi connectivity index (χ0n) is 14.0. The first-order chi connectivity index (χ1) is 12.4. The van der Waals surface area contributed by atoms with Crippen LogP contribution in [0.3, 0.4) is 0 Å². The van der Waals surface area contributed by atoms with Gasteiger partial charge in [0.05, 0.1) is 12.2 Å². The number of ether oxygens (including phenoxy) is 2. The predicted octanol–water partition coefficient (Wildman–Crippen LogP) is 5.16. The van der Waals surface area contributed by atoms with Gasteiger partial charge in [0.1, 0.15) is 17.7 Å². The molecule has 0 saturated carbocycles. The first-order valence-corrected chi connectivity index (χ1v) is 8.86. The number of nitrogens with zero attached hydrogens (tertiary/aromatic N) is 1. The summed E-state index contributed by atoms with van der Waals surface area (Å²) in [5, 5.41) is 10.2. The molecule has 0 aromatic heterocycles. The van der Waals surface area contributed by atoms with E-state index < -0.39 is 0 Å². The zero-order chi connectivity index (χ0) is 19.1. The summed E-state index contributed by atoms with van der Waals surface area (Å²) in [7, 11) is 0. The minimum absolute atomic E-state index is 0.0446. The van der Waals surface area contributed by atoms with E-state index >= 15 is 0 Å². The maximum absolute atomic E-state index is 9.08. The Kier molecular flexibility index (Phi) is 7.28.